The number of carbonyl (C=O) groups is 1. The van der Waals surface area contributed by atoms with Gasteiger partial charge in [0, 0.05) is 25.8 Å². The normalized spacial score (nSPS) is 24.1. The van der Waals surface area contributed by atoms with E-state index in [0.29, 0.717) is 13.0 Å². The van der Waals surface area contributed by atoms with E-state index in [2.05, 4.69) is 0 Å². The molecule has 3 rings (SSSR count). The molecule has 0 aromatic heterocycles. The van der Waals surface area contributed by atoms with Crippen molar-refractivity contribution in [2.45, 2.75) is 30.7 Å². The van der Waals surface area contributed by atoms with E-state index in [1.165, 1.54) is 0 Å². The van der Waals surface area contributed by atoms with Crippen LogP contribution in [0.15, 0.2) is 24.3 Å². The van der Waals surface area contributed by atoms with Crippen LogP contribution in [0.25, 0.3) is 0 Å². The molecule has 1 atom stereocenters. The number of ether oxygens (including phenoxy) is 2. The SMILES string of the molecule is O=C1CC(Cl)CN1c1ccccc1OC1CCOCC1. The number of amides is 1. The van der Waals surface area contributed by atoms with Crippen LogP contribution >= 0.6 is 11.6 Å². The lowest BCUT2D eigenvalue weighted by Crippen LogP contribution is -2.28. The number of anilines is 1. The summed E-state index contributed by atoms with van der Waals surface area (Å²) >= 11 is 6.08. The Labute approximate surface area is 123 Å². The van der Waals surface area contributed by atoms with Gasteiger partial charge in [-0.15, -0.1) is 11.6 Å². The van der Waals surface area contributed by atoms with Crippen LogP contribution in [0.1, 0.15) is 19.3 Å². The van der Waals surface area contributed by atoms with Crippen molar-refractivity contribution in [1.29, 1.82) is 0 Å². The molecule has 2 aliphatic heterocycles. The Morgan fingerprint density at radius 1 is 1.25 bits per heavy atom. The number of para-hydroxylation sites is 2. The summed E-state index contributed by atoms with van der Waals surface area (Å²) in [5.41, 5.74) is 0.826. The Balaban J connectivity index is 1.79. The third kappa shape index (κ3) is 2.91. The van der Waals surface area contributed by atoms with E-state index in [1.54, 1.807) is 4.90 Å². The molecule has 2 saturated heterocycles. The fourth-order valence-corrected chi connectivity index (χ4v) is 2.92. The first-order chi connectivity index (χ1) is 9.74. The second-order valence-corrected chi connectivity index (χ2v) is 5.82. The zero-order chi connectivity index (χ0) is 13.9. The zero-order valence-corrected chi connectivity index (χ0v) is 12.0. The van der Waals surface area contributed by atoms with Gasteiger partial charge in [-0.1, -0.05) is 12.1 Å². The molecule has 1 aromatic rings. The molecule has 0 N–H and O–H groups in total. The van der Waals surface area contributed by atoms with Crippen molar-refractivity contribution in [3.05, 3.63) is 24.3 Å². The number of hydrogen-bond donors (Lipinski definition) is 0. The first-order valence-electron chi connectivity index (χ1n) is 7.02. The maximum Gasteiger partial charge on any atom is 0.228 e. The first-order valence-corrected chi connectivity index (χ1v) is 7.45. The van der Waals surface area contributed by atoms with Crippen molar-refractivity contribution in [3.8, 4) is 5.75 Å². The summed E-state index contributed by atoms with van der Waals surface area (Å²) in [6.45, 7) is 2.02. The van der Waals surface area contributed by atoms with E-state index in [4.69, 9.17) is 21.1 Å². The molecule has 2 fully saturated rings. The highest BCUT2D eigenvalue weighted by Crippen LogP contribution is 2.33. The molecule has 108 valence electrons. The van der Waals surface area contributed by atoms with E-state index in [0.717, 1.165) is 37.5 Å². The van der Waals surface area contributed by atoms with Gasteiger partial charge in [-0.25, -0.2) is 0 Å². The summed E-state index contributed by atoms with van der Waals surface area (Å²) in [6.07, 6.45) is 2.34. The third-order valence-corrected chi connectivity index (χ3v) is 3.99. The van der Waals surface area contributed by atoms with E-state index in [-0.39, 0.29) is 17.4 Å². The number of nitrogens with zero attached hydrogens (tertiary/aromatic N) is 1. The van der Waals surface area contributed by atoms with Crippen molar-refractivity contribution in [2.24, 2.45) is 0 Å². The summed E-state index contributed by atoms with van der Waals surface area (Å²) in [6, 6.07) is 7.68. The van der Waals surface area contributed by atoms with Crippen molar-refractivity contribution >= 4 is 23.2 Å². The molecule has 2 heterocycles. The van der Waals surface area contributed by atoms with Gasteiger partial charge >= 0.3 is 0 Å². The minimum Gasteiger partial charge on any atom is -0.488 e. The van der Waals surface area contributed by atoms with Crippen molar-refractivity contribution in [3.63, 3.8) is 0 Å². The number of carbonyl (C=O) groups excluding carboxylic acids is 1. The van der Waals surface area contributed by atoms with Crippen molar-refractivity contribution in [2.75, 3.05) is 24.7 Å². The first kappa shape index (κ1) is 13.7. The van der Waals surface area contributed by atoms with E-state index in [9.17, 15) is 4.79 Å². The molecule has 2 aliphatic rings. The number of rotatable bonds is 3. The topological polar surface area (TPSA) is 38.8 Å². The standard InChI is InChI=1S/C15H18ClNO3/c16-11-9-15(18)17(10-11)13-3-1-2-4-14(13)20-12-5-7-19-8-6-12/h1-4,11-12H,5-10H2. The second kappa shape index (κ2) is 6.02. The highest BCUT2D eigenvalue weighted by atomic mass is 35.5. The van der Waals surface area contributed by atoms with Gasteiger partial charge in [0.1, 0.15) is 11.9 Å². The lowest BCUT2D eigenvalue weighted by atomic mass is 10.1. The van der Waals surface area contributed by atoms with E-state index < -0.39 is 0 Å². The van der Waals surface area contributed by atoms with Gasteiger partial charge in [-0.3, -0.25) is 4.79 Å². The summed E-state index contributed by atoms with van der Waals surface area (Å²) in [7, 11) is 0. The fourth-order valence-electron chi connectivity index (χ4n) is 2.65. The molecule has 0 bridgehead atoms. The Hall–Kier alpha value is -1.26. The van der Waals surface area contributed by atoms with Gasteiger partial charge in [0.05, 0.1) is 24.3 Å². The minimum atomic E-state index is -0.112. The Bertz CT molecular complexity index is 488. The van der Waals surface area contributed by atoms with Crippen LogP contribution in [-0.4, -0.2) is 37.1 Å². The van der Waals surface area contributed by atoms with Crippen LogP contribution < -0.4 is 9.64 Å². The molecule has 20 heavy (non-hydrogen) atoms. The Morgan fingerprint density at radius 2 is 2.00 bits per heavy atom. The molecule has 0 aliphatic carbocycles. The molecule has 0 radical (unpaired) electrons. The van der Waals surface area contributed by atoms with Gasteiger partial charge in [0.2, 0.25) is 5.91 Å². The Kier molecular flexibility index (Phi) is 4.13. The molecule has 5 heteroatoms. The molecule has 1 aromatic carbocycles. The van der Waals surface area contributed by atoms with Crippen LogP contribution in [0.3, 0.4) is 0 Å². The monoisotopic (exact) mass is 295 g/mol. The largest absolute Gasteiger partial charge is 0.488 e. The van der Waals surface area contributed by atoms with Gasteiger partial charge in [0.25, 0.3) is 0 Å². The van der Waals surface area contributed by atoms with Crippen LogP contribution in [-0.2, 0) is 9.53 Å². The zero-order valence-electron chi connectivity index (χ0n) is 11.3. The minimum absolute atomic E-state index is 0.0630. The van der Waals surface area contributed by atoms with Crippen LogP contribution in [0.4, 0.5) is 5.69 Å². The van der Waals surface area contributed by atoms with E-state index in [1.807, 2.05) is 24.3 Å². The lowest BCUT2D eigenvalue weighted by Gasteiger charge is -2.26. The summed E-state index contributed by atoms with van der Waals surface area (Å²) in [5, 5.41) is -0.112. The van der Waals surface area contributed by atoms with Crippen molar-refractivity contribution in [1.82, 2.24) is 0 Å². The number of benzene rings is 1. The van der Waals surface area contributed by atoms with Gasteiger partial charge < -0.3 is 14.4 Å². The molecule has 0 spiro atoms. The van der Waals surface area contributed by atoms with Crippen LogP contribution in [0.5, 0.6) is 5.75 Å². The smallest absolute Gasteiger partial charge is 0.228 e. The summed E-state index contributed by atoms with van der Waals surface area (Å²) < 4.78 is 11.4. The average molecular weight is 296 g/mol. The average Bonchev–Trinajstić information content (AvgIpc) is 2.79. The van der Waals surface area contributed by atoms with Crippen molar-refractivity contribution < 1.29 is 14.3 Å². The van der Waals surface area contributed by atoms with E-state index >= 15 is 0 Å². The molecular weight excluding hydrogens is 278 g/mol. The summed E-state index contributed by atoms with van der Waals surface area (Å²) in [4.78, 5) is 13.7. The summed E-state index contributed by atoms with van der Waals surface area (Å²) in [5.74, 6) is 0.826. The number of alkyl halides is 1. The maximum atomic E-state index is 12.0. The van der Waals surface area contributed by atoms with Gasteiger partial charge in [-0.2, -0.15) is 0 Å². The quantitative estimate of drug-likeness (QED) is 0.805. The highest BCUT2D eigenvalue weighted by Gasteiger charge is 2.31. The molecular formula is C15H18ClNO3. The van der Waals surface area contributed by atoms with Gasteiger partial charge in [0.15, 0.2) is 0 Å². The maximum absolute atomic E-state index is 12.0. The van der Waals surface area contributed by atoms with Crippen LogP contribution in [0, 0.1) is 0 Å². The van der Waals surface area contributed by atoms with Gasteiger partial charge in [-0.05, 0) is 12.1 Å². The molecule has 0 saturated carbocycles. The second-order valence-electron chi connectivity index (χ2n) is 5.20. The van der Waals surface area contributed by atoms with Crippen LogP contribution in [0.2, 0.25) is 0 Å². The number of halogens is 1. The fraction of sp³-hybridized carbons (Fsp3) is 0.533. The highest BCUT2D eigenvalue weighted by molar-refractivity contribution is 6.24. The lowest BCUT2D eigenvalue weighted by molar-refractivity contribution is -0.117. The predicted octanol–water partition coefficient (Wildman–Crippen LogP) is 2.59. The molecule has 1 amide bonds. The number of hydrogen-bond acceptors (Lipinski definition) is 3. The predicted molar refractivity (Wildman–Crippen MR) is 77.5 cm³/mol. The molecule has 1 unspecified atom stereocenters. The third-order valence-electron chi connectivity index (χ3n) is 3.70. The molecule has 4 nitrogen and oxygen atoms in total. The Morgan fingerprint density at radius 3 is 2.70 bits per heavy atom.